The zero-order chi connectivity index (χ0) is 11.2. The summed E-state index contributed by atoms with van der Waals surface area (Å²) in [5, 5.41) is 12.6. The molecule has 0 aromatic heterocycles. The van der Waals surface area contributed by atoms with E-state index in [2.05, 4.69) is 10.2 Å². The molecule has 4 fully saturated rings. The van der Waals surface area contributed by atoms with Crippen LogP contribution in [0.25, 0.3) is 0 Å². The highest BCUT2D eigenvalue weighted by molar-refractivity contribution is 8.00. The zero-order valence-electron chi connectivity index (χ0n) is 9.32. The molecule has 1 spiro atoms. The first-order chi connectivity index (χ1) is 7.70. The summed E-state index contributed by atoms with van der Waals surface area (Å²) in [5.74, 6) is 0.967. The fourth-order valence-electron chi connectivity index (χ4n) is 3.30. The number of carboxylic acids is 1. The Morgan fingerprint density at radius 2 is 2.12 bits per heavy atom. The second kappa shape index (κ2) is 3.89. The number of nitrogens with zero attached hydrogens (tertiary/aromatic N) is 1. The Morgan fingerprint density at radius 3 is 2.69 bits per heavy atom. The van der Waals surface area contributed by atoms with Crippen molar-refractivity contribution in [1.29, 1.82) is 0 Å². The zero-order valence-corrected chi connectivity index (χ0v) is 10.1. The van der Waals surface area contributed by atoms with Crippen LogP contribution in [0.15, 0.2) is 0 Å². The molecule has 4 aliphatic rings. The lowest BCUT2D eigenvalue weighted by Crippen LogP contribution is -2.68. The van der Waals surface area contributed by atoms with Gasteiger partial charge in [0.25, 0.3) is 0 Å². The fraction of sp³-hybridized carbons (Fsp3) is 0.909. The molecule has 0 aromatic carbocycles. The summed E-state index contributed by atoms with van der Waals surface area (Å²) < 4.78 is 0. The SMILES string of the molecule is O=C(O)C1CCSC2(CN3CCC2CC3)N1. The van der Waals surface area contributed by atoms with E-state index < -0.39 is 5.97 Å². The molecule has 2 unspecified atom stereocenters. The molecule has 0 aromatic rings. The highest BCUT2D eigenvalue weighted by Crippen LogP contribution is 2.45. The van der Waals surface area contributed by atoms with E-state index in [1.54, 1.807) is 0 Å². The number of hydrogen-bond acceptors (Lipinski definition) is 4. The minimum absolute atomic E-state index is 0.0395. The number of fused-ring (bicyclic) bond motifs is 2. The number of aliphatic carboxylic acids is 1. The molecule has 4 rings (SSSR count). The first-order valence-electron chi connectivity index (χ1n) is 6.06. The topological polar surface area (TPSA) is 52.6 Å². The van der Waals surface area contributed by atoms with Gasteiger partial charge >= 0.3 is 5.97 Å². The molecule has 0 radical (unpaired) electrons. The normalized spacial score (nSPS) is 47.1. The Kier molecular flexibility index (Phi) is 2.64. The molecule has 5 heteroatoms. The molecule has 4 saturated heterocycles. The van der Waals surface area contributed by atoms with Gasteiger partial charge < -0.3 is 10.0 Å². The highest BCUT2D eigenvalue weighted by atomic mass is 32.2. The highest BCUT2D eigenvalue weighted by Gasteiger charge is 2.50. The van der Waals surface area contributed by atoms with Crippen LogP contribution in [0, 0.1) is 5.92 Å². The van der Waals surface area contributed by atoms with E-state index in [9.17, 15) is 4.79 Å². The standard InChI is InChI=1S/C11H18N2O2S/c14-10(15)9-3-6-16-11(12-9)7-13-4-1-8(11)2-5-13/h8-9,12H,1-7H2,(H,14,15). The minimum atomic E-state index is -0.684. The van der Waals surface area contributed by atoms with E-state index in [4.69, 9.17) is 5.11 Å². The van der Waals surface area contributed by atoms with Crippen LogP contribution >= 0.6 is 11.8 Å². The fourth-order valence-corrected chi connectivity index (χ4v) is 4.99. The molecule has 2 N–H and O–H groups in total. The first kappa shape index (κ1) is 10.9. The van der Waals surface area contributed by atoms with Crippen LogP contribution in [-0.4, -0.2) is 52.3 Å². The average Bonchev–Trinajstić information content (AvgIpc) is 2.30. The Balaban J connectivity index is 1.79. The van der Waals surface area contributed by atoms with Gasteiger partial charge in [-0.05, 0) is 44.0 Å². The molecule has 0 amide bonds. The van der Waals surface area contributed by atoms with Gasteiger partial charge in [0.2, 0.25) is 0 Å². The third-order valence-corrected chi connectivity index (χ3v) is 5.72. The van der Waals surface area contributed by atoms with Crippen molar-refractivity contribution in [1.82, 2.24) is 10.2 Å². The summed E-state index contributed by atoms with van der Waals surface area (Å²) >= 11 is 1.95. The number of rotatable bonds is 1. The number of carboxylic acid groups (broad SMARTS) is 1. The van der Waals surface area contributed by atoms with E-state index in [0.717, 1.165) is 18.7 Å². The molecule has 90 valence electrons. The van der Waals surface area contributed by atoms with Gasteiger partial charge in [0, 0.05) is 6.54 Å². The van der Waals surface area contributed by atoms with Crippen LogP contribution in [-0.2, 0) is 4.79 Å². The molecule has 4 aliphatic heterocycles. The molecular formula is C11H18N2O2S. The number of nitrogens with one attached hydrogen (secondary N) is 1. The predicted molar refractivity (Wildman–Crippen MR) is 63.5 cm³/mol. The van der Waals surface area contributed by atoms with Crippen molar-refractivity contribution in [3.63, 3.8) is 0 Å². The lowest BCUT2D eigenvalue weighted by Gasteiger charge is -2.55. The van der Waals surface area contributed by atoms with Crippen molar-refractivity contribution in [2.75, 3.05) is 25.4 Å². The van der Waals surface area contributed by atoms with E-state index in [1.807, 2.05) is 11.8 Å². The Morgan fingerprint density at radius 1 is 1.38 bits per heavy atom. The van der Waals surface area contributed by atoms with E-state index in [0.29, 0.717) is 5.92 Å². The molecule has 4 nitrogen and oxygen atoms in total. The second-order valence-electron chi connectivity index (χ2n) is 5.11. The Hall–Kier alpha value is -0.260. The summed E-state index contributed by atoms with van der Waals surface area (Å²) in [4.78, 5) is 13.6. The van der Waals surface area contributed by atoms with Crippen LogP contribution in [0.3, 0.4) is 0 Å². The number of hydrogen-bond donors (Lipinski definition) is 2. The molecule has 0 saturated carbocycles. The second-order valence-corrected chi connectivity index (χ2v) is 6.54. The van der Waals surface area contributed by atoms with Crippen molar-refractivity contribution < 1.29 is 9.90 Å². The van der Waals surface area contributed by atoms with Crippen LogP contribution in [0.5, 0.6) is 0 Å². The molecule has 2 atom stereocenters. The van der Waals surface area contributed by atoms with Crippen molar-refractivity contribution in [2.24, 2.45) is 5.92 Å². The van der Waals surface area contributed by atoms with Crippen LogP contribution in [0.2, 0.25) is 0 Å². The van der Waals surface area contributed by atoms with Gasteiger partial charge in [-0.15, -0.1) is 11.8 Å². The summed E-state index contributed by atoms with van der Waals surface area (Å²) in [6, 6.07) is -0.332. The third-order valence-electron chi connectivity index (χ3n) is 4.19. The quantitative estimate of drug-likeness (QED) is 0.705. The number of piperidine rings is 3. The largest absolute Gasteiger partial charge is 0.480 e. The summed E-state index contributed by atoms with van der Waals surface area (Å²) in [6.45, 7) is 3.44. The van der Waals surface area contributed by atoms with Gasteiger partial charge in [0.1, 0.15) is 6.04 Å². The lowest BCUT2D eigenvalue weighted by molar-refractivity contribution is -0.140. The summed E-state index contributed by atoms with van der Waals surface area (Å²) in [5.41, 5.74) is 0. The molecule has 0 aliphatic carbocycles. The predicted octanol–water partition coefficient (Wildman–Crippen LogP) is 0.588. The molecule has 4 heterocycles. The van der Waals surface area contributed by atoms with Crippen molar-refractivity contribution in [2.45, 2.75) is 30.2 Å². The van der Waals surface area contributed by atoms with Gasteiger partial charge in [-0.25, -0.2) is 0 Å². The minimum Gasteiger partial charge on any atom is -0.480 e. The van der Waals surface area contributed by atoms with Gasteiger partial charge in [0.15, 0.2) is 0 Å². The first-order valence-corrected chi connectivity index (χ1v) is 7.05. The molecular weight excluding hydrogens is 224 g/mol. The Bertz CT molecular complexity index is 304. The number of carbonyl (C=O) groups is 1. The van der Waals surface area contributed by atoms with Gasteiger partial charge in [-0.1, -0.05) is 0 Å². The number of thioether (sulfide) groups is 1. The maximum absolute atomic E-state index is 11.1. The van der Waals surface area contributed by atoms with Gasteiger partial charge in [-0.3, -0.25) is 10.1 Å². The third kappa shape index (κ3) is 1.65. The maximum atomic E-state index is 11.1. The van der Waals surface area contributed by atoms with Crippen LogP contribution in [0.1, 0.15) is 19.3 Å². The summed E-state index contributed by atoms with van der Waals surface area (Å²) in [6.07, 6.45) is 3.22. The maximum Gasteiger partial charge on any atom is 0.320 e. The van der Waals surface area contributed by atoms with Gasteiger partial charge in [-0.2, -0.15) is 0 Å². The van der Waals surface area contributed by atoms with Crippen LogP contribution < -0.4 is 5.32 Å². The van der Waals surface area contributed by atoms with Crippen LogP contribution in [0.4, 0.5) is 0 Å². The summed E-state index contributed by atoms with van der Waals surface area (Å²) in [7, 11) is 0. The molecule has 2 bridgehead atoms. The molecule has 16 heavy (non-hydrogen) atoms. The van der Waals surface area contributed by atoms with E-state index in [-0.39, 0.29) is 10.9 Å². The van der Waals surface area contributed by atoms with Crippen molar-refractivity contribution >= 4 is 17.7 Å². The van der Waals surface area contributed by atoms with E-state index >= 15 is 0 Å². The average molecular weight is 242 g/mol. The van der Waals surface area contributed by atoms with Crippen molar-refractivity contribution in [3.05, 3.63) is 0 Å². The monoisotopic (exact) mass is 242 g/mol. The van der Waals surface area contributed by atoms with Crippen molar-refractivity contribution in [3.8, 4) is 0 Å². The van der Waals surface area contributed by atoms with E-state index in [1.165, 1.54) is 25.9 Å². The van der Waals surface area contributed by atoms with Gasteiger partial charge in [0.05, 0.1) is 4.87 Å². The Labute approximate surface area is 99.8 Å². The lowest BCUT2D eigenvalue weighted by atomic mass is 9.82. The smallest absolute Gasteiger partial charge is 0.320 e.